The number of phenols is 1. The standard InChI is InChI=1S/C30H34O6/c1-14(2)21-20(31)13-28(5)16(4)29(6)15(3)18-11-12-19(17-9-7-8-10-17)24(32)22(18)25(33)23(29)27(35)30(28,36)26(21)34/h9,11-12,15-16,32-34,36H,1,7-8,10,13H2,2-6H3/t15-,16+,28+,29-,30+/m1/s1. The molecule has 0 radical (unpaired) electrons. The minimum atomic E-state index is -2.42. The molecule has 5 rings (SSSR count). The van der Waals surface area contributed by atoms with Crippen LogP contribution in [0, 0.1) is 16.7 Å². The molecule has 5 atom stereocenters. The Morgan fingerprint density at radius 1 is 1.11 bits per heavy atom. The number of ketones is 2. The second-order valence-corrected chi connectivity index (χ2v) is 11.6. The molecule has 4 aliphatic rings. The van der Waals surface area contributed by atoms with Gasteiger partial charge in [-0.2, -0.15) is 0 Å². The number of phenolic OH excluding ortho intramolecular Hbond substituents is 1. The van der Waals surface area contributed by atoms with E-state index in [0.29, 0.717) is 11.1 Å². The maximum absolute atomic E-state index is 14.3. The maximum atomic E-state index is 14.3. The third-order valence-electron chi connectivity index (χ3n) is 10.0. The number of hydrogen-bond acceptors (Lipinski definition) is 6. The fourth-order valence-corrected chi connectivity index (χ4v) is 7.50. The van der Waals surface area contributed by atoms with E-state index < -0.39 is 33.9 Å². The lowest BCUT2D eigenvalue weighted by molar-refractivity contribution is -0.178. The number of rotatable bonds is 2. The molecule has 0 heterocycles. The largest absolute Gasteiger partial charge is 0.508 e. The van der Waals surface area contributed by atoms with Crippen LogP contribution in [0.3, 0.4) is 0 Å². The van der Waals surface area contributed by atoms with Crippen LogP contribution in [-0.2, 0) is 9.59 Å². The smallest absolute Gasteiger partial charge is 0.203 e. The molecular weight excluding hydrogens is 456 g/mol. The van der Waals surface area contributed by atoms with Crippen molar-refractivity contribution in [3.8, 4) is 5.75 Å². The van der Waals surface area contributed by atoms with Crippen LogP contribution < -0.4 is 0 Å². The van der Waals surface area contributed by atoms with E-state index >= 15 is 0 Å². The molecule has 0 amide bonds. The molecule has 0 saturated heterocycles. The molecule has 1 fully saturated rings. The molecule has 6 heteroatoms. The van der Waals surface area contributed by atoms with Gasteiger partial charge in [0.05, 0.1) is 11.1 Å². The Hall–Kier alpha value is -3.12. The summed E-state index contributed by atoms with van der Waals surface area (Å²) in [7, 11) is 0. The SMILES string of the molecule is C=C(C)C1=C(O)[C@]2(O)C(=O)C3=C(O)c4c(ccc(C5=CCCC5)c4O)[C@@H](C)[C@]3(C)[C@@H](C)[C@]2(C)CC1=O. The van der Waals surface area contributed by atoms with Crippen molar-refractivity contribution in [3.63, 3.8) is 0 Å². The summed E-state index contributed by atoms with van der Waals surface area (Å²) in [5, 5.41) is 46.3. The van der Waals surface area contributed by atoms with Crippen LogP contribution in [0.2, 0.25) is 0 Å². The average molecular weight is 491 g/mol. The highest BCUT2D eigenvalue weighted by molar-refractivity contribution is 6.15. The van der Waals surface area contributed by atoms with Gasteiger partial charge in [0.1, 0.15) is 17.3 Å². The van der Waals surface area contributed by atoms with Crippen molar-refractivity contribution in [3.05, 3.63) is 64.0 Å². The molecule has 0 bridgehead atoms. The quantitative estimate of drug-likeness (QED) is 0.425. The first-order valence-corrected chi connectivity index (χ1v) is 12.6. The van der Waals surface area contributed by atoms with E-state index in [0.717, 1.165) is 24.8 Å². The van der Waals surface area contributed by atoms with Crippen molar-refractivity contribution >= 4 is 22.9 Å². The predicted octanol–water partition coefficient (Wildman–Crippen LogP) is 5.67. The van der Waals surface area contributed by atoms with Crippen LogP contribution in [0.1, 0.15) is 82.9 Å². The van der Waals surface area contributed by atoms with Gasteiger partial charge in [-0.1, -0.05) is 52.5 Å². The lowest BCUT2D eigenvalue weighted by Gasteiger charge is -2.62. The number of aliphatic hydroxyl groups is 3. The average Bonchev–Trinajstić information content (AvgIpc) is 3.34. The highest BCUT2D eigenvalue weighted by atomic mass is 16.3. The van der Waals surface area contributed by atoms with Gasteiger partial charge in [-0.25, -0.2) is 0 Å². The summed E-state index contributed by atoms with van der Waals surface area (Å²) in [5.74, 6) is -3.22. The number of aliphatic hydroxyl groups excluding tert-OH is 2. The number of fused-ring (bicyclic) bond motifs is 3. The number of carbonyl (C=O) groups excluding carboxylic acids is 2. The van der Waals surface area contributed by atoms with Gasteiger partial charge in [-0.3, -0.25) is 9.59 Å². The summed E-state index contributed by atoms with van der Waals surface area (Å²) in [6.45, 7) is 12.6. The van der Waals surface area contributed by atoms with E-state index in [1.165, 1.54) is 0 Å². The fraction of sp³-hybridized carbons (Fsp3) is 0.467. The van der Waals surface area contributed by atoms with Gasteiger partial charge in [-0.05, 0) is 54.7 Å². The molecule has 6 nitrogen and oxygen atoms in total. The molecule has 1 saturated carbocycles. The van der Waals surface area contributed by atoms with E-state index in [-0.39, 0.29) is 51.9 Å². The van der Waals surface area contributed by atoms with Crippen LogP contribution in [-0.4, -0.2) is 37.6 Å². The van der Waals surface area contributed by atoms with Crippen LogP contribution in [0.5, 0.6) is 5.75 Å². The Labute approximate surface area is 211 Å². The summed E-state index contributed by atoms with van der Waals surface area (Å²) < 4.78 is 0. The molecule has 0 spiro atoms. The first-order valence-electron chi connectivity index (χ1n) is 12.6. The van der Waals surface area contributed by atoms with Crippen LogP contribution in [0.15, 0.2) is 47.3 Å². The molecule has 190 valence electrons. The van der Waals surface area contributed by atoms with Crippen molar-refractivity contribution in [2.24, 2.45) is 16.7 Å². The minimum Gasteiger partial charge on any atom is -0.508 e. The molecular formula is C30H34O6. The fourth-order valence-electron chi connectivity index (χ4n) is 7.50. The number of aromatic hydroxyl groups is 1. The van der Waals surface area contributed by atoms with Crippen molar-refractivity contribution < 1.29 is 30.0 Å². The van der Waals surface area contributed by atoms with Gasteiger partial charge in [0.25, 0.3) is 0 Å². The van der Waals surface area contributed by atoms with Crippen molar-refractivity contribution in [1.29, 1.82) is 0 Å². The van der Waals surface area contributed by atoms with E-state index in [9.17, 15) is 30.0 Å². The number of benzene rings is 1. The third kappa shape index (κ3) is 2.60. The predicted molar refractivity (Wildman–Crippen MR) is 137 cm³/mol. The zero-order valence-corrected chi connectivity index (χ0v) is 21.5. The van der Waals surface area contributed by atoms with Gasteiger partial charge in [0.2, 0.25) is 5.78 Å². The zero-order chi connectivity index (χ0) is 26.5. The molecule has 1 aromatic rings. The lowest BCUT2D eigenvalue weighted by Crippen LogP contribution is -2.69. The summed E-state index contributed by atoms with van der Waals surface area (Å²) in [6.07, 6.45) is 4.66. The van der Waals surface area contributed by atoms with Crippen molar-refractivity contribution in [1.82, 2.24) is 0 Å². The summed E-state index contributed by atoms with van der Waals surface area (Å²) in [6, 6.07) is 3.77. The number of Topliss-reactive ketones (excluding diaryl/α,β-unsaturated/α-hetero) is 2. The molecule has 0 aromatic heterocycles. The van der Waals surface area contributed by atoms with Gasteiger partial charge in [0, 0.05) is 28.4 Å². The summed E-state index contributed by atoms with van der Waals surface area (Å²) >= 11 is 0. The van der Waals surface area contributed by atoms with Gasteiger partial charge >= 0.3 is 0 Å². The number of hydrogen-bond donors (Lipinski definition) is 4. The highest BCUT2D eigenvalue weighted by Crippen LogP contribution is 2.68. The Kier molecular flexibility index (Phi) is 5.08. The second kappa shape index (κ2) is 7.45. The summed E-state index contributed by atoms with van der Waals surface area (Å²) in [5.41, 5.74) is -2.09. The summed E-state index contributed by atoms with van der Waals surface area (Å²) in [4.78, 5) is 27.4. The lowest BCUT2D eigenvalue weighted by atomic mass is 9.41. The Morgan fingerprint density at radius 3 is 2.36 bits per heavy atom. The topological polar surface area (TPSA) is 115 Å². The highest BCUT2D eigenvalue weighted by Gasteiger charge is 2.72. The van der Waals surface area contributed by atoms with Crippen molar-refractivity contribution in [2.45, 2.75) is 71.8 Å². The van der Waals surface area contributed by atoms with Gasteiger partial charge in [-0.15, -0.1) is 0 Å². The van der Waals surface area contributed by atoms with E-state index in [4.69, 9.17) is 0 Å². The van der Waals surface area contributed by atoms with E-state index in [2.05, 4.69) is 12.7 Å². The number of carbonyl (C=O) groups is 2. The minimum absolute atomic E-state index is 0.0233. The van der Waals surface area contributed by atoms with Crippen LogP contribution >= 0.6 is 0 Å². The molecule has 0 aliphatic heterocycles. The van der Waals surface area contributed by atoms with Gasteiger partial charge in [0.15, 0.2) is 11.4 Å². The molecule has 4 aliphatic carbocycles. The van der Waals surface area contributed by atoms with Crippen molar-refractivity contribution in [2.75, 3.05) is 0 Å². The normalized spacial score (nSPS) is 35.9. The van der Waals surface area contributed by atoms with E-state index in [1.54, 1.807) is 13.8 Å². The maximum Gasteiger partial charge on any atom is 0.203 e. The molecule has 1 aromatic carbocycles. The zero-order valence-electron chi connectivity index (χ0n) is 21.5. The first-order chi connectivity index (χ1) is 16.7. The van der Waals surface area contributed by atoms with Gasteiger partial charge < -0.3 is 20.4 Å². The molecule has 0 unspecified atom stereocenters. The number of allylic oxidation sites excluding steroid dienone is 4. The van der Waals surface area contributed by atoms with Crippen LogP contribution in [0.25, 0.3) is 11.3 Å². The monoisotopic (exact) mass is 490 g/mol. The Morgan fingerprint density at radius 2 is 1.78 bits per heavy atom. The Bertz CT molecular complexity index is 1360. The molecule has 36 heavy (non-hydrogen) atoms. The van der Waals surface area contributed by atoms with E-state index in [1.807, 2.05) is 32.9 Å². The molecule has 4 N–H and O–H groups in total. The van der Waals surface area contributed by atoms with Crippen LogP contribution in [0.4, 0.5) is 0 Å². The first kappa shape index (κ1) is 24.6. The Balaban J connectivity index is 1.83. The second-order valence-electron chi connectivity index (χ2n) is 11.6. The third-order valence-corrected chi connectivity index (χ3v) is 10.0.